The molecule has 2 rings (SSSR count). The minimum Gasteiger partial charge on any atom is -0.339 e. The molecule has 0 radical (unpaired) electrons. The van der Waals surface area contributed by atoms with E-state index in [1.54, 1.807) is 19.2 Å². The van der Waals surface area contributed by atoms with Gasteiger partial charge < -0.3 is 4.90 Å². The number of aryl methyl sites for hydroxylation is 1. The number of benzene rings is 1. The molecule has 1 aliphatic rings. The molecule has 1 aliphatic carbocycles. The van der Waals surface area contributed by atoms with Gasteiger partial charge in [0.1, 0.15) is 12.5 Å². The zero-order valence-electron chi connectivity index (χ0n) is 24.7. The number of hydrogen-bond acceptors (Lipinski definition) is 1. The lowest BCUT2D eigenvalue weighted by molar-refractivity contribution is -0.126. The summed E-state index contributed by atoms with van der Waals surface area (Å²) in [5.41, 5.74) is 4.36. The van der Waals surface area contributed by atoms with E-state index in [9.17, 15) is 13.6 Å². The van der Waals surface area contributed by atoms with E-state index >= 15 is 0 Å². The maximum atomic E-state index is 12.2. The standard InChI is InChI=1S/C14H20FNO.C7H7F.C7H12.2C2H6/c1-11(2)12-5-4-6-13(8-7-12)14(17)16(3)10-9-15;1-6-2-4-7(8)5-3-6;1-4-5-6-7(2)3;2*1-2/h4-5,7-8,11H,6,9-10H2,1-3H3;2-5H,1H3;4-6H,1-3H3;2*1-2H3/b;;5-4-;;. The SMILES string of the molecule is C/C=C\C=C(C)C.CC.CC.CC(C)C1=CC=C(C(=O)N(C)CCF)CC=C1.Cc1ccc(F)cc1. The number of rotatable bonds is 5. The number of nitrogens with zero attached hydrogens (tertiary/aromatic N) is 1. The highest BCUT2D eigenvalue weighted by molar-refractivity contribution is 5.94. The fourth-order valence-corrected chi connectivity index (χ4v) is 2.48. The van der Waals surface area contributed by atoms with Gasteiger partial charge in [-0.3, -0.25) is 4.79 Å². The highest BCUT2D eigenvalue weighted by atomic mass is 19.1. The average Bonchev–Trinajstić information content (AvgIpc) is 3.14. The van der Waals surface area contributed by atoms with Gasteiger partial charge in [-0.25, -0.2) is 8.78 Å². The number of likely N-dealkylation sites (N-methyl/N-ethyl adjacent to an activating group) is 1. The molecular formula is C32H51F2NO. The average molecular weight is 504 g/mol. The highest BCUT2D eigenvalue weighted by Gasteiger charge is 2.14. The molecule has 1 amide bonds. The van der Waals surface area contributed by atoms with Gasteiger partial charge in [-0.2, -0.15) is 0 Å². The van der Waals surface area contributed by atoms with Gasteiger partial charge in [0.2, 0.25) is 5.91 Å². The van der Waals surface area contributed by atoms with Crippen molar-refractivity contribution < 1.29 is 13.6 Å². The Balaban J connectivity index is -0.000000477. The van der Waals surface area contributed by atoms with Gasteiger partial charge in [-0.1, -0.05) is 107 Å². The molecule has 0 heterocycles. The largest absolute Gasteiger partial charge is 0.339 e. The van der Waals surface area contributed by atoms with E-state index in [1.807, 2.05) is 71.9 Å². The van der Waals surface area contributed by atoms with Crippen LogP contribution in [-0.2, 0) is 4.79 Å². The first kappa shape index (κ1) is 37.8. The van der Waals surface area contributed by atoms with Crippen LogP contribution in [0.25, 0.3) is 0 Å². The molecule has 1 aromatic carbocycles. The van der Waals surface area contributed by atoms with Crippen LogP contribution in [0.2, 0.25) is 0 Å². The van der Waals surface area contributed by atoms with Gasteiger partial charge in [0.15, 0.2) is 0 Å². The summed E-state index contributed by atoms with van der Waals surface area (Å²) in [4.78, 5) is 13.4. The minimum absolute atomic E-state index is 0.0893. The Morgan fingerprint density at radius 3 is 2.00 bits per heavy atom. The molecule has 0 N–H and O–H groups in total. The van der Waals surface area contributed by atoms with E-state index in [2.05, 4.69) is 39.8 Å². The number of carbonyl (C=O) groups excluding carboxylic acids is 1. The first-order chi connectivity index (χ1) is 17.1. The van der Waals surface area contributed by atoms with Crippen LogP contribution in [-0.4, -0.2) is 31.1 Å². The lowest BCUT2D eigenvalue weighted by Gasteiger charge is -2.16. The molecule has 0 aromatic heterocycles. The van der Waals surface area contributed by atoms with E-state index in [-0.39, 0.29) is 18.3 Å². The number of carbonyl (C=O) groups is 1. The van der Waals surface area contributed by atoms with Crippen LogP contribution in [0.5, 0.6) is 0 Å². The van der Waals surface area contributed by atoms with Crippen LogP contribution in [0.1, 0.15) is 74.3 Å². The van der Waals surface area contributed by atoms with Crippen molar-refractivity contribution >= 4 is 5.91 Å². The Kier molecular flexibility index (Phi) is 26.6. The quantitative estimate of drug-likeness (QED) is 0.366. The summed E-state index contributed by atoms with van der Waals surface area (Å²) in [5.74, 6) is 0.185. The third-order valence-electron chi connectivity index (χ3n) is 4.47. The smallest absolute Gasteiger partial charge is 0.249 e. The Morgan fingerprint density at radius 2 is 1.61 bits per heavy atom. The summed E-state index contributed by atoms with van der Waals surface area (Å²) in [6.07, 6.45) is 14.6. The summed E-state index contributed by atoms with van der Waals surface area (Å²) in [5, 5.41) is 0. The first-order valence-electron chi connectivity index (χ1n) is 13.0. The monoisotopic (exact) mass is 503 g/mol. The Labute approximate surface area is 221 Å². The fraction of sp³-hybridized carbons (Fsp3) is 0.469. The Bertz CT molecular complexity index is 803. The number of amides is 1. The predicted octanol–water partition coefficient (Wildman–Crippen LogP) is 9.60. The van der Waals surface area contributed by atoms with Crippen LogP contribution in [0, 0.1) is 18.7 Å². The zero-order valence-corrected chi connectivity index (χ0v) is 24.7. The molecule has 36 heavy (non-hydrogen) atoms. The van der Waals surface area contributed by atoms with Crippen molar-refractivity contribution in [1.29, 1.82) is 0 Å². The number of allylic oxidation sites excluding steroid dienone is 9. The van der Waals surface area contributed by atoms with Crippen molar-refractivity contribution in [3.05, 3.63) is 94.9 Å². The third-order valence-corrected chi connectivity index (χ3v) is 4.47. The van der Waals surface area contributed by atoms with E-state index in [4.69, 9.17) is 0 Å². The summed E-state index contributed by atoms with van der Waals surface area (Å²) < 4.78 is 24.3. The van der Waals surface area contributed by atoms with Crippen LogP contribution in [0.3, 0.4) is 0 Å². The second-order valence-corrected chi connectivity index (χ2v) is 8.10. The Hall–Kier alpha value is -2.75. The van der Waals surface area contributed by atoms with Gasteiger partial charge in [-0.05, 0) is 57.7 Å². The molecule has 0 atom stereocenters. The maximum absolute atomic E-state index is 12.2. The molecular weight excluding hydrogens is 452 g/mol. The van der Waals surface area contributed by atoms with E-state index in [1.165, 1.54) is 28.2 Å². The van der Waals surface area contributed by atoms with Gasteiger partial charge in [0.05, 0.1) is 0 Å². The van der Waals surface area contributed by atoms with E-state index < -0.39 is 6.67 Å². The van der Waals surface area contributed by atoms with E-state index in [0.717, 1.165) is 5.56 Å². The normalized spacial score (nSPS) is 11.5. The lowest BCUT2D eigenvalue weighted by atomic mass is 10.0. The van der Waals surface area contributed by atoms with Gasteiger partial charge >= 0.3 is 0 Å². The number of alkyl halides is 1. The van der Waals surface area contributed by atoms with Crippen LogP contribution in [0.4, 0.5) is 8.78 Å². The summed E-state index contributed by atoms with van der Waals surface area (Å²) in [6.45, 7) is 20.0. The molecule has 0 bridgehead atoms. The molecule has 0 saturated carbocycles. The fourth-order valence-electron chi connectivity index (χ4n) is 2.48. The van der Waals surface area contributed by atoms with Crippen molar-refractivity contribution in [2.75, 3.05) is 20.3 Å². The summed E-state index contributed by atoms with van der Waals surface area (Å²) >= 11 is 0. The molecule has 0 spiro atoms. The molecule has 4 heteroatoms. The second kappa shape index (κ2) is 25.3. The van der Waals surface area contributed by atoms with Gasteiger partial charge in [0.25, 0.3) is 0 Å². The van der Waals surface area contributed by atoms with Gasteiger partial charge in [-0.15, -0.1) is 0 Å². The summed E-state index contributed by atoms with van der Waals surface area (Å²) in [7, 11) is 1.63. The third kappa shape index (κ3) is 20.6. The number of halogens is 2. The lowest BCUT2D eigenvalue weighted by Crippen LogP contribution is -2.29. The van der Waals surface area contributed by atoms with Gasteiger partial charge in [0, 0.05) is 19.2 Å². The second-order valence-electron chi connectivity index (χ2n) is 8.10. The topological polar surface area (TPSA) is 20.3 Å². The van der Waals surface area contributed by atoms with Crippen molar-refractivity contribution in [2.45, 2.75) is 75.7 Å². The van der Waals surface area contributed by atoms with E-state index in [0.29, 0.717) is 17.9 Å². The van der Waals surface area contributed by atoms with Crippen LogP contribution >= 0.6 is 0 Å². The molecule has 1 aromatic rings. The highest BCUT2D eigenvalue weighted by Crippen LogP contribution is 2.18. The summed E-state index contributed by atoms with van der Waals surface area (Å²) in [6, 6.07) is 6.40. The van der Waals surface area contributed by atoms with Crippen molar-refractivity contribution in [3.63, 3.8) is 0 Å². The zero-order chi connectivity index (χ0) is 28.5. The predicted molar refractivity (Wildman–Crippen MR) is 156 cm³/mol. The Morgan fingerprint density at radius 1 is 1.06 bits per heavy atom. The first-order valence-corrected chi connectivity index (χ1v) is 13.0. The van der Waals surface area contributed by atoms with Crippen LogP contribution in [0.15, 0.2) is 83.5 Å². The molecule has 0 saturated heterocycles. The van der Waals surface area contributed by atoms with Crippen molar-refractivity contribution in [3.8, 4) is 0 Å². The molecule has 0 fully saturated rings. The maximum Gasteiger partial charge on any atom is 0.249 e. The van der Waals surface area contributed by atoms with Crippen LogP contribution < -0.4 is 0 Å². The molecule has 2 nitrogen and oxygen atoms in total. The molecule has 0 unspecified atom stereocenters. The molecule has 204 valence electrons. The number of hydrogen-bond donors (Lipinski definition) is 0. The van der Waals surface area contributed by atoms with Crippen molar-refractivity contribution in [2.24, 2.45) is 5.92 Å². The molecule has 0 aliphatic heterocycles. The van der Waals surface area contributed by atoms with Crippen molar-refractivity contribution in [1.82, 2.24) is 4.90 Å². The minimum atomic E-state index is -0.502.